The molecule has 0 aromatic heterocycles. The van der Waals surface area contributed by atoms with Gasteiger partial charge in [-0.1, -0.05) is 0 Å². The minimum atomic E-state index is 0. The van der Waals surface area contributed by atoms with Crippen molar-refractivity contribution >= 4 is 12.4 Å². The molecule has 0 atom stereocenters. The van der Waals surface area contributed by atoms with Crippen molar-refractivity contribution in [3.05, 3.63) is 0 Å². The molecule has 0 aromatic carbocycles. The molecule has 0 amide bonds. The Hall–Kier alpha value is 0.210. The summed E-state index contributed by atoms with van der Waals surface area (Å²) < 4.78 is 5.77. The Morgan fingerprint density at radius 1 is 1.25 bits per heavy atom. The topological polar surface area (TPSA) is 35.2 Å². The van der Waals surface area contributed by atoms with Crippen molar-refractivity contribution in [2.75, 3.05) is 6.61 Å². The first-order valence-electron chi connectivity index (χ1n) is 4.61. The molecular formula is C9H18ClNO. The van der Waals surface area contributed by atoms with Gasteiger partial charge >= 0.3 is 0 Å². The van der Waals surface area contributed by atoms with Gasteiger partial charge < -0.3 is 10.5 Å². The first-order valence-corrected chi connectivity index (χ1v) is 4.61. The normalized spacial score (nSPS) is 44.5. The van der Waals surface area contributed by atoms with Gasteiger partial charge in [0.15, 0.2) is 0 Å². The first kappa shape index (κ1) is 10.3. The predicted molar refractivity (Wildman–Crippen MR) is 51.6 cm³/mol. The molecule has 0 spiro atoms. The summed E-state index contributed by atoms with van der Waals surface area (Å²) in [6.45, 7) is 2.92. The molecule has 3 heteroatoms. The third-order valence-corrected chi connectivity index (χ3v) is 3.28. The minimum Gasteiger partial charge on any atom is -0.375 e. The highest BCUT2D eigenvalue weighted by atomic mass is 35.5. The van der Waals surface area contributed by atoms with Gasteiger partial charge in [0.05, 0.1) is 5.60 Å². The fourth-order valence-corrected chi connectivity index (χ4v) is 2.70. The van der Waals surface area contributed by atoms with Crippen LogP contribution in [0.15, 0.2) is 0 Å². The van der Waals surface area contributed by atoms with Gasteiger partial charge in [-0.05, 0) is 39.0 Å². The van der Waals surface area contributed by atoms with Gasteiger partial charge in [-0.2, -0.15) is 0 Å². The molecule has 2 rings (SSSR count). The molecule has 0 aromatic rings. The van der Waals surface area contributed by atoms with Crippen molar-refractivity contribution < 1.29 is 4.74 Å². The van der Waals surface area contributed by atoms with Crippen LogP contribution in [0.4, 0.5) is 0 Å². The van der Waals surface area contributed by atoms with E-state index in [0.717, 1.165) is 13.0 Å². The number of rotatable bonds is 2. The third-order valence-electron chi connectivity index (χ3n) is 3.28. The highest BCUT2D eigenvalue weighted by Gasteiger charge is 2.52. The van der Waals surface area contributed by atoms with Crippen molar-refractivity contribution in [3.63, 3.8) is 0 Å². The number of ether oxygens (including phenoxy) is 1. The van der Waals surface area contributed by atoms with E-state index in [4.69, 9.17) is 10.5 Å². The Labute approximate surface area is 80.3 Å². The molecule has 0 unspecified atom stereocenters. The molecule has 2 bridgehead atoms. The lowest BCUT2D eigenvalue weighted by atomic mass is 9.94. The maximum Gasteiger partial charge on any atom is 0.0701 e. The molecule has 72 valence electrons. The molecule has 2 fully saturated rings. The third kappa shape index (κ3) is 1.48. The van der Waals surface area contributed by atoms with E-state index < -0.39 is 0 Å². The molecule has 2 nitrogen and oxygen atoms in total. The largest absolute Gasteiger partial charge is 0.375 e. The van der Waals surface area contributed by atoms with Gasteiger partial charge in [0.25, 0.3) is 0 Å². The second kappa shape index (κ2) is 3.17. The number of halogens is 1. The van der Waals surface area contributed by atoms with Crippen LogP contribution < -0.4 is 5.73 Å². The number of fused-ring (bicyclic) bond motifs is 2. The maximum absolute atomic E-state index is 6.14. The Bertz CT molecular complexity index is 158. The van der Waals surface area contributed by atoms with Gasteiger partial charge in [-0.3, -0.25) is 0 Å². The van der Waals surface area contributed by atoms with Crippen LogP contribution in [-0.4, -0.2) is 17.7 Å². The van der Waals surface area contributed by atoms with Crippen molar-refractivity contribution in [3.8, 4) is 0 Å². The number of hydrogen-bond acceptors (Lipinski definition) is 2. The Balaban J connectivity index is 0.000000720. The highest BCUT2D eigenvalue weighted by Crippen LogP contribution is 2.51. The van der Waals surface area contributed by atoms with Crippen molar-refractivity contribution in [2.45, 2.75) is 50.2 Å². The van der Waals surface area contributed by atoms with Crippen LogP contribution in [0.5, 0.6) is 0 Å². The smallest absolute Gasteiger partial charge is 0.0701 e. The zero-order valence-electron chi connectivity index (χ0n) is 7.64. The van der Waals surface area contributed by atoms with E-state index in [1.54, 1.807) is 0 Å². The monoisotopic (exact) mass is 191 g/mol. The van der Waals surface area contributed by atoms with Gasteiger partial charge in [0.1, 0.15) is 0 Å². The molecule has 0 heterocycles. The van der Waals surface area contributed by atoms with Crippen LogP contribution in [0.3, 0.4) is 0 Å². The van der Waals surface area contributed by atoms with E-state index >= 15 is 0 Å². The van der Waals surface area contributed by atoms with E-state index in [9.17, 15) is 0 Å². The summed E-state index contributed by atoms with van der Waals surface area (Å²) in [7, 11) is 0. The Kier molecular flexibility index (Phi) is 2.72. The molecule has 2 N–H and O–H groups in total. The molecule has 12 heavy (non-hydrogen) atoms. The lowest BCUT2D eigenvalue weighted by Crippen LogP contribution is -2.33. The van der Waals surface area contributed by atoms with E-state index in [-0.39, 0.29) is 23.5 Å². The summed E-state index contributed by atoms with van der Waals surface area (Å²) >= 11 is 0. The maximum atomic E-state index is 6.14. The van der Waals surface area contributed by atoms with Gasteiger partial charge in [0, 0.05) is 12.1 Å². The summed E-state index contributed by atoms with van der Waals surface area (Å²) in [6, 6.07) is 0. The summed E-state index contributed by atoms with van der Waals surface area (Å²) in [5.74, 6) is 0. The quantitative estimate of drug-likeness (QED) is 0.723. The summed E-state index contributed by atoms with van der Waals surface area (Å²) in [4.78, 5) is 0. The first-order chi connectivity index (χ1) is 5.18. The van der Waals surface area contributed by atoms with E-state index in [1.165, 1.54) is 25.7 Å². The SMILES string of the molecule is CCOC12CCC(N)(CC1)C2.Cl. The number of hydrogen-bond donors (Lipinski definition) is 1. The lowest BCUT2D eigenvalue weighted by Gasteiger charge is -2.26. The average molecular weight is 192 g/mol. The lowest BCUT2D eigenvalue weighted by molar-refractivity contribution is -0.0303. The van der Waals surface area contributed by atoms with E-state index in [0.29, 0.717) is 0 Å². The predicted octanol–water partition coefficient (Wildman–Crippen LogP) is 1.86. The second-order valence-corrected chi connectivity index (χ2v) is 4.16. The van der Waals surface area contributed by atoms with E-state index in [1.807, 2.05) is 0 Å². The van der Waals surface area contributed by atoms with Gasteiger partial charge in [-0.25, -0.2) is 0 Å². The van der Waals surface area contributed by atoms with Crippen LogP contribution in [0.2, 0.25) is 0 Å². The highest BCUT2D eigenvalue weighted by molar-refractivity contribution is 5.85. The van der Waals surface area contributed by atoms with Crippen molar-refractivity contribution in [2.24, 2.45) is 5.73 Å². The summed E-state index contributed by atoms with van der Waals surface area (Å²) in [5, 5.41) is 0. The van der Waals surface area contributed by atoms with Crippen LogP contribution >= 0.6 is 12.4 Å². The fourth-order valence-electron chi connectivity index (χ4n) is 2.70. The zero-order chi connectivity index (χ0) is 7.95. The Morgan fingerprint density at radius 3 is 2.17 bits per heavy atom. The van der Waals surface area contributed by atoms with Crippen LogP contribution in [-0.2, 0) is 4.74 Å². The molecule has 0 aliphatic heterocycles. The molecule has 2 saturated carbocycles. The molecule has 2 aliphatic carbocycles. The molecule has 0 saturated heterocycles. The second-order valence-electron chi connectivity index (χ2n) is 4.16. The van der Waals surface area contributed by atoms with Crippen LogP contribution in [0.1, 0.15) is 39.0 Å². The zero-order valence-corrected chi connectivity index (χ0v) is 8.45. The van der Waals surface area contributed by atoms with Crippen molar-refractivity contribution in [1.29, 1.82) is 0 Å². The van der Waals surface area contributed by atoms with Crippen LogP contribution in [0, 0.1) is 0 Å². The standard InChI is InChI=1S/C9H17NO.ClH/c1-2-11-9-5-3-8(10,7-9)4-6-9;/h2-7,10H2,1H3;1H. The number of nitrogens with two attached hydrogens (primary N) is 1. The molecule has 2 aliphatic rings. The molecule has 0 radical (unpaired) electrons. The average Bonchev–Trinajstić information content (AvgIpc) is 2.42. The minimum absolute atomic E-state index is 0. The summed E-state index contributed by atoms with van der Waals surface area (Å²) in [6.07, 6.45) is 5.84. The van der Waals surface area contributed by atoms with Crippen LogP contribution in [0.25, 0.3) is 0 Å². The summed E-state index contributed by atoms with van der Waals surface area (Å²) in [5.41, 5.74) is 6.48. The fraction of sp³-hybridized carbons (Fsp3) is 1.00. The van der Waals surface area contributed by atoms with Gasteiger partial charge in [-0.15, -0.1) is 12.4 Å². The van der Waals surface area contributed by atoms with Gasteiger partial charge in [0.2, 0.25) is 0 Å². The van der Waals surface area contributed by atoms with Crippen molar-refractivity contribution in [1.82, 2.24) is 0 Å². The Morgan fingerprint density at radius 2 is 1.83 bits per heavy atom. The van der Waals surface area contributed by atoms with E-state index in [2.05, 4.69) is 6.92 Å². The molecular weight excluding hydrogens is 174 g/mol.